The first-order valence-electron chi connectivity index (χ1n) is 6.02. The number of benzene rings is 2. The van der Waals surface area contributed by atoms with E-state index in [1.54, 1.807) is 0 Å². The van der Waals surface area contributed by atoms with Crippen molar-refractivity contribution in [2.24, 2.45) is 0 Å². The highest BCUT2D eigenvalue weighted by molar-refractivity contribution is 6.25. The van der Waals surface area contributed by atoms with Crippen molar-refractivity contribution in [2.45, 2.75) is 19.1 Å². The number of hydrogen-bond acceptors (Lipinski definition) is 1. The summed E-state index contributed by atoms with van der Waals surface area (Å²) in [6, 6.07) is 20.9. The lowest BCUT2D eigenvalue weighted by atomic mass is 9.88. The highest BCUT2D eigenvalue weighted by Gasteiger charge is 2.28. The Morgan fingerprint density at radius 3 is 1.59 bits per heavy atom. The minimum Gasteiger partial charge on any atom is -0.411 e. The van der Waals surface area contributed by atoms with E-state index in [4.69, 9.17) is 4.43 Å². The Labute approximate surface area is 105 Å². The summed E-state index contributed by atoms with van der Waals surface area (Å²) in [5, 5.41) is 0. The molecule has 17 heavy (non-hydrogen) atoms. The molecule has 0 aliphatic rings. The van der Waals surface area contributed by atoms with Gasteiger partial charge >= 0.3 is 0 Å². The summed E-state index contributed by atoms with van der Waals surface area (Å²) in [7, 11) is -0.478. The van der Waals surface area contributed by atoms with Crippen molar-refractivity contribution in [3.8, 4) is 0 Å². The quantitative estimate of drug-likeness (QED) is 0.749. The molecule has 2 rings (SSSR count). The average Bonchev–Trinajstić information content (AvgIpc) is 2.41. The molecule has 0 aliphatic carbocycles. The second-order valence-corrected chi connectivity index (χ2v) is 5.06. The summed E-state index contributed by atoms with van der Waals surface area (Å²) in [5.41, 5.74) is 2.14. The molecule has 88 valence electrons. The SMILES string of the molecule is C[SiH2]OC(C)(c1ccccc1)c1ccccc1. The molecule has 0 unspecified atom stereocenters. The maximum absolute atomic E-state index is 6.14. The molecule has 0 heterocycles. The van der Waals surface area contributed by atoms with E-state index in [1.807, 2.05) is 12.1 Å². The molecule has 1 nitrogen and oxygen atoms in total. The Morgan fingerprint density at radius 1 is 0.824 bits per heavy atom. The van der Waals surface area contributed by atoms with Gasteiger partial charge in [0.15, 0.2) is 9.76 Å². The summed E-state index contributed by atoms with van der Waals surface area (Å²) >= 11 is 0. The van der Waals surface area contributed by atoms with E-state index < -0.39 is 9.76 Å². The van der Waals surface area contributed by atoms with E-state index in [9.17, 15) is 0 Å². The third-order valence-corrected chi connectivity index (χ3v) is 3.95. The third kappa shape index (κ3) is 2.48. The van der Waals surface area contributed by atoms with Crippen LogP contribution in [0.2, 0.25) is 6.55 Å². The lowest BCUT2D eigenvalue weighted by Gasteiger charge is -2.31. The van der Waals surface area contributed by atoms with Gasteiger partial charge in [0.2, 0.25) is 0 Å². The van der Waals surface area contributed by atoms with Crippen LogP contribution in [0.15, 0.2) is 60.7 Å². The standard InChI is InChI=1S/C15H18OSi/c1-15(16-17-2,13-9-5-3-6-10-13)14-11-7-4-8-12-14/h3-12H,17H2,1-2H3. The van der Waals surface area contributed by atoms with Crippen LogP contribution in [-0.4, -0.2) is 9.76 Å². The Balaban J connectivity index is 2.47. The van der Waals surface area contributed by atoms with Crippen LogP contribution in [0.1, 0.15) is 18.1 Å². The van der Waals surface area contributed by atoms with Gasteiger partial charge in [-0.2, -0.15) is 0 Å². The molecule has 0 amide bonds. The zero-order valence-corrected chi connectivity index (χ0v) is 11.8. The molecule has 0 aliphatic heterocycles. The number of hydrogen-bond donors (Lipinski definition) is 0. The lowest BCUT2D eigenvalue weighted by Crippen LogP contribution is -2.28. The summed E-state index contributed by atoms with van der Waals surface area (Å²) in [5.74, 6) is 0. The summed E-state index contributed by atoms with van der Waals surface area (Å²) in [6.45, 7) is 4.33. The van der Waals surface area contributed by atoms with E-state index in [0.717, 1.165) is 0 Å². The highest BCUT2D eigenvalue weighted by atomic mass is 28.2. The van der Waals surface area contributed by atoms with Gasteiger partial charge in [0.05, 0.1) is 0 Å². The average molecular weight is 242 g/mol. The molecule has 0 atom stereocenters. The molecule has 2 aromatic carbocycles. The lowest BCUT2D eigenvalue weighted by molar-refractivity contribution is 0.141. The van der Waals surface area contributed by atoms with Gasteiger partial charge in [-0.3, -0.25) is 0 Å². The fourth-order valence-electron chi connectivity index (χ4n) is 2.13. The smallest absolute Gasteiger partial charge is 0.160 e. The van der Waals surface area contributed by atoms with Crippen LogP contribution in [0, 0.1) is 0 Å². The van der Waals surface area contributed by atoms with Gasteiger partial charge in [0.1, 0.15) is 5.60 Å². The van der Waals surface area contributed by atoms with Crippen LogP contribution in [0.3, 0.4) is 0 Å². The fourth-order valence-corrected chi connectivity index (χ4v) is 3.05. The maximum Gasteiger partial charge on any atom is 0.160 e. The summed E-state index contributed by atoms with van der Waals surface area (Å²) in [6.07, 6.45) is 0. The number of rotatable bonds is 4. The van der Waals surface area contributed by atoms with E-state index >= 15 is 0 Å². The highest BCUT2D eigenvalue weighted by Crippen LogP contribution is 2.32. The van der Waals surface area contributed by atoms with Crippen molar-refractivity contribution in [1.82, 2.24) is 0 Å². The Kier molecular flexibility index (Phi) is 3.77. The second kappa shape index (κ2) is 5.30. The molecule has 0 saturated heterocycles. The first-order chi connectivity index (χ1) is 8.27. The molecular formula is C15H18OSi. The first-order valence-corrected chi connectivity index (χ1v) is 8.01. The molecule has 0 bridgehead atoms. The summed E-state index contributed by atoms with van der Waals surface area (Å²) in [4.78, 5) is 0. The first kappa shape index (κ1) is 12.1. The minimum atomic E-state index is -0.478. The van der Waals surface area contributed by atoms with E-state index in [0.29, 0.717) is 0 Å². The largest absolute Gasteiger partial charge is 0.411 e. The van der Waals surface area contributed by atoms with Crippen LogP contribution >= 0.6 is 0 Å². The molecule has 0 aromatic heterocycles. The van der Waals surface area contributed by atoms with E-state index in [-0.39, 0.29) is 5.60 Å². The maximum atomic E-state index is 6.14. The summed E-state index contributed by atoms with van der Waals surface area (Å²) < 4.78 is 6.14. The molecule has 2 aromatic rings. The van der Waals surface area contributed by atoms with Crippen molar-refractivity contribution >= 4 is 9.76 Å². The molecule has 0 spiro atoms. The van der Waals surface area contributed by atoms with E-state index in [1.165, 1.54) is 11.1 Å². The topological polar surface area (TPSA) is 9.23 Å². The zero-order valence-electron chi connectivity index (χ0n) is 10.4. The fraction of sp³-hybridized carbons (Fsp3) is 0.200. The van der Waals surface area contributed by atoms with Gasteiger partial charge < -0.3 is 4.43 Å². The molecule has 0 saturated carbocycles. The predicted octanol–water partition coefficient (Wildman–Crippen LogP) is 3.10. The van der Waals surface area contributed by atoms with Crippen LogP contribution < -0.4 is 0 Å². The van der Waals surface area contributed by atoms with Gasteiger partial charge in [-0.25, -0.2) is 0 Å². The van der Waals surface area contributed by atoms with Gasteiger partial charge in [-0.1, -0.05) is 67.2 Å². The normalized spacial score (nSPS) is 12.1. The second-order valence-electron chi connectivity index (χ2n) is 4.20. The zero-order chi connectivity index (χ0) is 12.1. The molecule has 0 radical (unpaired) electrons. The predicted molar refractivity (Wildman–Crippen MR) is 74.8 cm³/mol. The van der Waals surface area contributed by atoms with Crippen molar-refractivity contribution in [2.75, 3.05) is 0 Å². The van der Waals surface area contributed by atoms with Crippen molar-refractivity contribution in [3.63, 3.8) is 0 Å². The third-order valence-electron chi connectivity index (χ3n) is 3.08. The van der Waals surface area contributed by atoms with Crippen LogP contribution in [0.4, 0.5) is 0 Å². The molecule has 0 fully saturated rings. The molecular weight excluding hydrogens is 224 g/mol. The monoisotopic (exact) mass is 242 g/mol. The van der Waals surface area contributed by atoms with Crippen LogP contribution in [0.25, 0.3) is 0 Å². The van der Waals surface area contributed by atoms with Crippen LogP contribution in [-0.2, 0) is 10.0 Å². The van der Waals surface area contributed by atoms with Gasteiger partial charge in [0, 0.05) is 0 Å². The van der Waals surface area contributed by atoms with Crippen molar-refractivity contribution < 1.29 is 4.43 Å². The molecule has 0 N–H and O–H groups in total. The molecule has 2 heteroatoms. The van der Waals surface area contributed by atoms with Gasteiger partial charge in [-0.05, 0) is 18.1 Å². The van der Waals surface area contributed by atoms with Crippen molar-refractivity contribution in [3.05, 3.63) is 71.8 Å². The Hall–Kier alpha value is -1.38. The van der Waals surface area contributed by atoms with Crippen LogP contribution in [0.5, 0.6) is 0 Å². The van der Waals surface area contributed by atoms with Crippen molar-refractivity contribution in [1.29, 1.82) is 0 Å². The van der Waals surface area contributed by atoms with Gasteiger partial charge in [-0.15, -0.1) is 0 Å². The Bertz CT molecular complexity index is 413. The Morgan fingerprint density at radius 2 is 1.24 bits per heavy atom. The minimum absolute atomic E-state index is 0.302. The van der Waals surface area contributed by atoms with Gasteiger partial charge in [0.25, 0.3) is 0 Å². The van der Waals surface area contributed by atoms with E-state index in [2.05, 4.69) is 62.0 Å².